The lowest BCUT2D eigenvalue weighted by Gasteiger charge is -2.42. The third-order valence-electron chi connectivity index (χ3n) is 14.5. The molecule has 14 heteroatoms. The van der Waals surface area contributed by atoms with E-state index in [2.05, 4.69) is 0 Å². The molecule has 4 aliphatic rings. The van der Waals surface area contributed by atoms with Gasteiger partial charge >= 0.3 is 5.97 Å². The summed E-state index contributed by atoms with van der Waals surface area (Å²) in [6.07, 6.45) is 11.2. The van der Waals surface area contributed by atoms with Gasteiger partial charge in [-0.25, -0.2) is 4.79 Å². The van der Waals surface area contributed by atoms with Crippen molar-refractivity contribution in [3.63, 3.8) is 0 Å². The van der Waals surface area contributed by atoms with Gasteiger partial charge in [0.2, 0.25) is 5.79 Å². The van der Waals surface area contributed by atoms with E-state index in [0.717, 1.165) is 12.0 Å². The molecule has 0 aromatic carbocycles. The molecule has 3 heterocycles. The summed E-state index contributed by atoms with van der Waals surface area (Å²) in [5.74, 6) is -7.96. The number of Topliss-reactive ketones (excluding diaryl/α,β-unsaturated/α-hetero) is 3. The van der Waals surface area contributed by atoms with Crippen molar-refractivity contribution in [1.82, 2.24) is 4.90 Å². The average molecular weight is 914 g/mol. The minimum atomic E-state index is -2.43. The van der Waals surface area contributed by atoms with Crippen molar-refractivity contribution in [2.45, 2.75) is 180 Å². The summed E-state index contributed by atoms with van der Waals surface area (Å²) in [7, 11) is 4.52. The van der Waals surface area contributed by atoms with Crippen LogP contribution in [0.4, 0.5) is 0 Å². The number of allylic oxidation sites excluding steroid dienone is 6. The Morgan fingerprint density at radius 2 is 1.57 bits per heavy atom. The van der Waals surface area contributed by atoms with Gasteiger partial charge in [0.1, 0.15) is 30.1 Å². The van der Waals surface area contributed by atoms with Gasteiger partial charge in [0.25, 0.3) is 11.7 Å². The third-order valence-corrected chi connectivity index (χ3v) is 14.5. The van der Waals surface area contributed by atoms with Gasteiger partial charge in [-0.1, -0.05) is 71.1 Å². The van der Waals surface area contributed by atoms with Crippen LogP contribution in [0.25, 0.3) is 0 Å². The first-order chi connectivity index (χ1) is 30.7. The molecule has 1 aliphatic carbocycles. The van der Waals surface area contributed by atoms with E-state index >= 15 is 0 Å². The van der Waals surface area contributed by atoms with Crippen molar-refractivity contribution in [3.05, 3.63) is 47.6 Å². The Balaban J connectivity index is 1.70. The highest BCUT2D eigenvalue weighted by atomic mass is 16.6. The molecule has 0 aromatic heterocycles. The van der Waals surface area contributed by atoms with Crippen LogP contribution in [-0.4, -0.2) is 132 Å². The Morgan fingerprint density at radius 3 is 2.25 bits per heavy atom. The first-order valence-corrected chi connectivity index (χ1v) is 23.9. The number of carbonyl (C=O) groups is 5. The quantitative estimate of drug-likeness (QED) is 0.156. The van der Waals surface area contributed by atoms with E-state index in [1.807, 2.05) is 58.1 Å². The van der Waals surface area contributed by atoms with Crippen LogP contribution < -0.4 is 0 Å². The molecule has 3 N–H and O–H groups in total. The number of hydrogen-bond acceptors (Lipinski definition) is 13. The predicted octanol–water partition coefficient (Wildman–Crippen LogP) is 6.18. The van der Waals surface area contributed by atoms with Crippen molar-refractivity contribution in [3.8, 4) is 0 Å². The molecule has 15 atom stereocenters. The highest BCUT2D eigenvalue weighted by Crippen LogP contribution is 2.38. The SMILES string of the molecule is CO[C@H]1C[C@@H]2CC[C@@H](C)[C@@](O)(O2)C(=O)C(=O)N2CCCC[C@H]2C(=O)O[C@H]([C@H](C)C[C@@H]2CC[C@@H](O)[C@H](OC)C2)CC(=O)[C@H](C)/C=C(/C)[C@@H](O)[C@@H](OC)C(=O)[C@H](C)C[C@H](C)\C=C/C=C\C=C/1C. The highest BCUT2D eigenvalue weighted by Gasteiger charge is 2.53. The summed E-state index contributed by atoms with van der Waals surface area (Å²) < 4.78 is 29.4. The van der Waals surface area contributed by atoms with Crippen molar-refractivity contribution >= 4 is 29.2 Å². The molecule has 1 amide bonds. The molecule has 0 radical (unpaired) electrons. The maximum Gasteiger partial charge on any atom is 0.329 e. The molecular formula is C51H79NO13. The number of piperidine rings is 1. The number of hydrogen-bond donors (Lipinski definition) is 3. The number of ether oxygens (including phenoxy) is 5. The number of ketones is 3. The lowest BCUT2D eigenvalue weighted by Crippen LogP contribution is -2.61. The number of aliphatic hydroxyl groups excluding tert-OH is 2. The zero-order valence-electron chi connectivity index (χ0n) is 40.6. The van der Waals surface area contributed by atoms with Gasteiger partial charge in [-0.2, -0.15) is 0 Å². The molecule has 0 unspecified atom stereocenters. The van der Waals surface area contributed by atoms with Crippen molar-refractivity contribution in [2.24, 2.45) is 35.5 Å². The number of fused-ring (bicyclic) bond motifs is 3. The molecule has 14 nitrogen and oxygen atoms in total. The lowest BCUT2D eigenvalue weighted by atomic mass is 9.78. The minimum Gasteiger partial charge on any atom is -0.460 e. The number of rotatable bonds is 6. The van der Waals surface area contributed by atoms with Gasteiger partial charge in [0.05, 0.1) is 24.4 Å². The van der Waals surface area contributed by atoms with Crippen LogP contribution in [0.3, 0.4) is 0 Å². The smallest absolute Gasteiger partial charge is 0.329 e. The maximum absolute atomic E-state index is 14.4. The Kier molecular flexibility index (Phi) is 21.0. The van der Waals surface area contributed by atoms with Crippen LogP contribution in [0.5, 0.6) is 0 Å². The first-order valence-electron chi connectivity index (χ1n) is 23.9. The summed E-state index contributed by atoms with van der Waals surface area (Å²) in [6, 6.07) is -1.14. The van der Waals surface area contributed by atoms with Crippen molar-refractivity contribution in [1.29, 1.82) is 0 Å². The predicted molar refractivity (Wildman–Crippen MR) is 245 cm³/mol. The maximum atomic E-state index is 14.4. The van der Waals surface area contributed by atoms with E-state index < -0.39 is 83.9 Å². The summed E-state index contributed by atoms with van der Waals surface area (Å²) in [4.78, 5) is 71.8. The van der Waals surface area contributed by atoms with Crippen molar-refractivity contribution < 1.29 is 63.0 Å². The topological polar surface area (TPSA) is 195 Å². The van der Waals surface area contributed by atoms with Gasteiger partial charge in [0, 0.05) is 58.5 Å². The second-order valence-corrected chi connectivity index (χ2v) is 19.6. The molecule has 366 valence electrons. The Labute approximate surface area is 387 Å². The molecule has 65 heavy (non-hydrogen) atoms. The zero-order chi connectivity index (χ0) is 48.2. The molecule has 2 saturated heterocycles. The average Bonchev–Trinajstić information content (AvgIpc) is 3.28. The van der Waals surface area contributed by atoms with Crippen LogP contribution >= 0.6 is 0 Å². The van der Waals surface area contributed by atoms with Crippen LogP contribution in [0, 0.1) is 35.5 Å². The fourth-order valence-electron chi connectivity index (χ4n) is 10.1. The Hall–Kier alpha value is -3.37. The van der Waals surface area contributed by atoms with Gasteiger partial charge in [-0.15, -0.1) is 0 Å². The van der Waals surface area contributed by atoms with Crippen molar-refractivity contribution in [2.75, 3.05) is 27.9 Å². The lowest BCUT2D eigenvalue weighted by molar-refractivity contribution is -0.265. The molecule has 3 fully saturated rings. The monoisotopic (exact) mass is 914 g/mol. The molecule has 2 bridgehead atoms. The van der Waals surface area contributed by atoms with E-state index in [-0.39, 0.29) is 54.8 Å². The number of cyclic esters (lactones) is 1. The van der Waals surface area contributed by atoms with E-state index in [1.165, 1.54) is 12.0 Å². The van der Waals surface area contributed by atoms with Crippen LogP contribution in [-0.2, 0) is 47.7 Å². The Bertz CT molecular complexity index is 1760. The normalized spacial score (nSPS) is 40.4. The number of aliphatic hydroxyl groups is 3. The number of amides is 1. The van der Waals surface area contributed by atoms with Crippen LogP contribution in [0.15, 0.2) is 47.6 Å². The summed E-state index contributed by atoms with van der Waals surface area (Å²) >= 11 is 0. The fourth-order valence-corrected chi connectivity index (χ4v) is 10.1. The zero-order valence-corrected chi connectivity index (χ0v) is 40.6. The largest absolute Gasteiger partial charge is 0.460 e. The summed E-state index contributed by atoms with van der Waals surface area (Å²) in [6.45, 7) is 12.7. The second kappa shape index (κ2) is 25.1. The first kappa shape index (κ1) is 54.2. The van der Waals surface area contributed by atoms with Gasteiger partial charge in [-0.05, 0) is 107 Å². The molecule has 0 aromatic rings. The van der Waals surface area contributed by atoms with E-state index in [1.54, 1.807) is 41.1 Å². The Morgan fingerprint density at radius 1 is 0.846 bits per heavy atom. The van der Waals surface area contributed by atoms with E-state index in [4.69, 9.17) is 23.7 Å². The van der Waals surface area contributed by atoms with Gasteiger partial charge < -0.3 is 43.9 Å². The molecule has 0 spiro atoms. The minimum absolute atomic E-state index is 0.0193. The molecular weight excluding hydrogens is 835 g/mol. The molecule has 4 rings (SSSR count). The summed E-state index contributed by atoms with van der Waals surface area (Å²) in [5, 5.41) is 33.8. The summed E-state index contributed by atoms with van der Waals surface area (Å²) in [5.41, 5.74) is 1.27. The van der Waals surface area contributed by atoms with Gasteiger partial charge in [0.15, 0.2) is 5.78 Å². The van der Waals surface area contributed by atoms with Crippen LogP contribution in [0.2, 0.25) is 0 Å². The second-order valence-electron chi connectivity index (χ2n) is 19.6. The third kappa shape index (κ3) is 14.3. The van der Waals surface area contributed by atoms with Crippen LogP contribution in [0.1, 0.15) is 126 Å². The fraction of sp³-hybridized carbons (Fsp3) is 0.745. The number of esters is 1. The van der Waals surface area contributed by atoms with E-state index in [0.29, 0.717) is 63.4 Å². The number of methoxy groups -OCH3 is 3. The number of nitrogens with zero attached hydrogens (tertiary/aromatic N) is 1. The standard InChI is InChI=1S/C51H79NO13/c1-30-16-12-11-13-17-31(2)42(61-8)28-38-21-19-36(7)51(60,65-38)48(57)49(58)52-23-15-14-18-39(52)50(59)64-43(33(4)26-37-20-22-40(53)44(27-37)62-9)29-41(54)32(3)25-35(6)46(56)47(63-10)45(55)34(5)24-30/h11-13,16-17,25,30,32-34,36-40,42-44,46-47,53,56,60H,14-15,18-24,26-29H2,1-10H3/b13-11-,16-12-,31-17-,35-25-/t30-,32-,33-,34-,36-,37+,38+,39+,40-,42+,43+,44-,46-,47+,51-/m1/s1. The van der Waals surface area contributed by atoms with E-state index in [9.17, 15) is 39.3 Å². The van der Waals surface area contributed by atoms with Gasteiger partial charge in [-0.3, -0.25) is 19.2 Å². The highest BCUT2D eigenvalue weighted by molar-refractivity contribution is 6.39. The molecule has 1 saturated carbocycles. The molecule has 3 aliphatic heterocycles. The number of carbonyl (C=O) groups excluding carboxylic acids is 5.